The monoisotopic (exact) mass is 130 g/mol. The highest BCUT2D eigenvalue weighted by molar-refractivity contribution is 5.81. The van der Waals surface area contributed by atoms with E-state index in [-0.39, 0.29) is 11.9 Å². The molecular weight excluding hydrogens is 116 g/mol. The Bertz CT molecular complexity index is 101. The number of hydrogen-bond acceptors (Lipinski definition) is 2. The van der Waals surface area contributed by atoms with Crippen LogP contribution in [0.2, 0.25) is 0 Å². The molecular formula is C6H14N2O+. The molecule has 0 rings (SSSR count). The van der Waals surface area contributed by atoms with E-state index in [2.05, 4.69) is 5.32 Å². The van der Waals surface area contributed by atoms with Crippen molar-refractivity contribution in [3.8, 4) is 0 Å². The van der Waals surface area contributed by atoms with Crippen LogP contribution in [0.1, 0.15) is 6.92 Å². The molecule has 0 aromatic heterocycles. The van der Waals surface area contributed by atoms with Crippen molar-refractivity contribution in [2.75, 3.05) is 21.1 Å². The minimum absolute atomic E-state index is 0.0324. The fourth-order valence-corrected chi connectivity index (χ4v) is 0.443. The zero-order valence-corrected chi connectivity index (χ0v) is 6.43. The normalized spacial score (nSPS) is 13.4. The van der Waals surface area contributed by atoms with Gasteiger partial charge in [-0.2, -0.15) is 4.90 Å². The first-order valence-electron chi connectivity index (χ1n) is 2.97. The SMILES string of the molecule is CNC(=O)C(C)[N+](C)C. The third-order valence-corrected chi connectivity index (χ3v) is 1.40. The fraction of sp³-hybridized carbons (Fsp3) is 0.833. The molecule has 0 aliphatic carbocycles. The average molecular weight is 130 g/mol. The Hall–Kier alpha value is -0.570. The molecule has 1 radical (unpaired) electrons. The molecule has 0 aromatic carbocycles. The molecule has 3 heteroatoms. The Morgan fingerprint density at radius 2 is 2.00 bits per heavy atom. The second kappa shape index (κ2) is 3.45. The molecule has 0 bridgehead atoms. The van der Waals surface area contributed by atoms with Crippen LogP contribution < -0.4 is 10.2 Å². The first-order chi connectivity index (χ1) is 4.09. The fourth-order valence-electron chi connectivity index (χ4n) is 0.443. The topological polar surface area (TPSA) is 35.0 Å². The van der Waals surface area contributed by atoms with Crippen LogP contribution in [0.5, 0.6) is 0 Å². The van der Waals surface area contributed by atoms with Gasteiger partial charge in [0.25, 0.3) is 5.91 Å². The molecule has 1 atom stereocenters. The predicted molar refractivity (Wildman–Crippen MR) is 37.5 cm³/mol. The summed E-state index contributed by atoms with van der Waals surface area (Å²) in [5, 5.41) is 2.57. The Morgan fingerprint density at radius 3 is 2.11 bits per heavy atom. The molecule has 3 nitrogen and oxygen atoms in total. The maximum Gasteiger partial charge on any atom is 0.282 e. The van der Waals surface area contributed by atoms with Gasteiger partial charge in [-0.1, -0.05) is 0 Å². The van der Waals surface area contributed by atoms with Crippen LogP contribution >= 0.6 is 0 Å². The van der Waals surface area contributed by atoms with E-state index in [0.29, 0.717) is 0 Å². The minimum Gasteiger partial charge on any atom is -0.354 e. The van der Waals surface area contributed by atoms with E-state index in [1.165, 1.54) is 0 Å². The van der Waals surface area contributed by atoms with E-state index in [9.17, 15) is 4.79 Å². The summed E-state index contributed by atoms with van der Waals surface area (Å²) in [5.74, 6) is 0.0556. The van der Waals surface area contributed by atoms with Gasteiger partial charge in [-0.05, 0) is 0 Å². The molecule has 0 aliphatic rings. The molecule has 0 aromatic rings. The van der Waals surface area contributed by atoms with Crippen LogP contribution in [0.15, 0.2) is 0 Å². The summed E-state index contributed by atoms with van der Waals surface area (Å²) in [6.07, 6.45) is 0. The highest BCUT2D eigenvalue weighted by Gasteiger charge is 2.20. The van der Waals surface area contributed by atoms with Crippen LogP contribution in [0.4, 0.5) is 0 Å². The van der Waals surface area contributed by atoms with Gasteiger partial charge in [0.2, 0.25) is 6.04 Å². The molecule has 1 unspecified atom stereocenters. The van der Waals surface area contributed by atoms with Gasteiger partial charge in [0, 0.05) is 14.0 Å². The van der Waals surface area contributed by atoms with E-state index in [1.807, 2.05) is 25.9 Å². The largest absolute Gasteiger partial charge is 0.354 e. The molecule has 1 amide bonds. The average Bonchev–Trinajstić information content (AvgIpc) is 1.84. The Kier molecular flexibility index (Phi) is 3.24. The van der Waals surface area contributed by atoms with Crippen molar-refractivity contribution in [2.24, 2.45) is 0 Å². The number of carbonyl (C=O) groups excluding carboxylic acids is 1. The zero-order valence-electron chi connectivity index (χ0n) is 6.43. The first kappa shape index (κ1) is 8.43. The predicted octanol–water partition coefficient (Wildman–Crippen LogP) is -0.479. The summed E-state index contributed by atoms with van der Waals surface area (Å²) < 4.78 is 0. The summed E-state index contributed by atoms with van der Waals surface area (Å²) in [6, 6.07) is -0.0324. The van der Waals surface area contributed by atoms with Crippen molar-refractivity contribution in [2.45, 2.75) is 13.0 Å². The van der Waals surface area contributed by atoms with Crippen molar-refractivity contribution < 1.29 is 4.79 Å². The molecule has 53 valence electrons. The van der Waals surface area contributed by atoms with Gasteiger partial charge in [-0.25, -0.2) is 0 Å². The van der Waals surface area contributed by atoms with Crippen LogP contribution in [0.3, 0.4) is 0 Å². The number of nitrogens with zero attached hydrogens (tertiary/aromatic N) is 1. The van der Waals surface area contributed by atoms with Crippen molar-refractivity contribution in [3.63, 3.8) is 0 Å². The molecule has 0 saturated heterocycles. The van der Waals surface area contributed by atoms with Gasteiger partial charge in [-0.3, -0.25) is 4.79 Å². The van der Waals surface area contributed by atoms with Gasteiger partial charge in [0.1, 0.15) is 14.1 Å². The standard InChI is InChI=1S/C6H14N2O/c1-5(8(3)4)6(9)7-2/h5H,1-4H3,(H,7,9)/q+1. The second-order valence-corrected chi connectivity index (χ2v) is 2.25. The minimum atomic E-state index is -0.0324. The van der Waals surface area contributed by atoms with Gasteiger partial charge in [-0.15, -0.1) is 0 Å². The Labute approximate surface area is 56.0 Å². The summed E-state index contributed by atoms with van der Waals surface area (Å²) in [5.41, 5.74) is 0. The lowest BCUT2D eigenvalue weighted by Crippen LogP contribution is -2.43. The van der Waals surface area contributed by atoms with Crippen molar-refractivity contribution in [1.82, 2.24) is 10.2 Å². The summed E-state index contributed by atoms with van der Waals surface area (Å²) in [6.45, 7) is 1.86. The first-order valence-corrected chi connectivity index (χ1v) is 2.97. The molecule has 0 spiro atoms. The smallest absolute Gasteiger partial charge is 0.282 e. The van der Waals surface area contributed by atoms with E-state index in [0.717, 1.165) is 0 Å². The Balaban J connectivity index is 3.72. The molecule has 0 fully saturated rings. The van der Waals surface area contributed by atoms with Gasteiger partial charge >= 0.3 is 0 Å². The lowest BCUT2D eigenvalue weighted by atomic mass is 10.3. The van der Waals surface area contributed by atoms with Gasteiger partial charge in [0.15, 0.2) is 0 Å². The number of rotatable bonds is 2. The number of likely N-dealkylation sites (N-methyl/N-ethyl adjacent to an activating group) is 2. The van der Waals surface area contributed by atoms with Crippen LogP contribution in [0, 0.1) is 0 Å². The van der Waals surface area contributed by atoms with Crippen molar-refractivity contribution >= 4 is 5.91 Å². The Morgan fingerprint density at radius 1 is 1.56 bits per heavy atom. The second-order valence-electron chi connectivity index (χ2n) is 2.25. The highest BCUT2D eigenvalue weighted by Crippen LogP contribution is 1.85. The molecule has 0 aliphatic heterocycles. The van der Waals surface area contributed by atoms with Crippen LogP contribution in [0.25, 0.3) is 0 Å². The molecule has 0 saturated carbocycles. The van der Waals surface area contributed by atoms with Crippen LogP contribution in [-0.4, -0.2) is 33.1 Å². The van der Waals surface area contributed by atoms with Crippen LogP contribution in [-0.2, 0) is 4.79 Å². The number of hydrogen-bond donors (Lipinski definition) is 1. The molecule has 1 N–H and O–H groups in total. The lowest BCUT2D eigenvalue weighted by Gasteiger charge is -2.07. The van der Waals surface area contributed by atoms with E-state index >= 15 is 0 Å². The third kappa shape index (κ3) is 2.46. The van der Waals surface area contributed by atoms with E-state index in [4.69, 9.17) is 0 Å². The quantitative estimate of drug-likeness (QED) is 0.503. The lowest BCUT2D eigenvalue weighted by molar-refractivity contribution is -0.123. The molecule has 0 heterocycles. The summed E-state index contributed by atoms with van der Waals surface area (Å²) in [4.78, 5) is 12.7. The zero-order chi connectivity index (χ0) is 7.44. The summed E-state index contributed by atoms with van der Waals surface area (Å²) in [7, 11) is 5.39. The number of amides is 1. The maximum atomic E-state index is 10.8. The number of carbonyl (C=O) groups is 1. The third-order valence-electron chi connectivity index (χ3n) is 1.40. The van der Waals surface area contributed by atoms with E-state index in [1.54, 1.807) is 7.05 Å². The summed E-state index contributed by atoms with van der Waals surface area (Å²) >= 11 is 0. The van der Waals surface area contributed by atoms with Crippen molar-refractivity contribution in [1.29, 1.82) is 0 Å². The highest BCUT2D eigenvalue weighted by atomic mass is 16.2. The maximum absolute atomic E-state index is 10.8. The van der Waals surface area contributed by atoms with Crippen molar-refractivity contribution in [3.05, 3.63) is 0 Å². The van der Waals surface area contributed by atoms with Gasteiger partial charge < -0.3 is 5.32 Å². The number of nitrogens with one attached hydrogen (secondary N) is 1. The molecule has 9 heavy (non-hydrogen) atoms. The van der Waals surface area contributed by atoms with Gasteiger partial charge in [0.05, 0.1) is 0 Å². The van der Waals surface area contributed by atoms with E-state index < -0.39 is 0 Å².